The summed E-state index contributed by atoms with van der Waals surface area (Å²) in [6.07, 6.45) is -2.43. The summed E-state index contributed by atoms with van der Waals surface area (Å²) >= 11 is 0. The first-order valence-corrected chi connectivity index (χ1v) is 7.99. The van der Waals surface area contributed by atoms with Crippen LogP contribution in [0, 0.1) is 0 Å². The van der Waals surface area contributed by atoms with Crippen molar-refractivity contribution < 1.29 is 18.0 Å². The topological polar surface area (TPSA) is 51.1 Å². The molecule has 4 nitrogen and oxygen atoms in total. The van der Waals surface area contributed by atoms with Gasteiger partial charge in [0.05, 0.1) is 16.8 Å². The maximum absolute atomic E-state index is 13.1. The van der Waals surface area contributed by atoms with E-state index in [1.807, 2.05) is 6.07 Å². The molecule has 0 atom stereocenters. The van der Waals surface area contributed by atoms with E-state index < -0.39 is 23.1 Å². The molecule has 1 N–H and O–H groups in total. The molecular formula is C19H13F3N2O2. The highest BCUT2D eigenvalue weighted by atomic mass is 19.4. The summed E-state index contributed by atoms with van der Waals surface area (Å²) in [6, 6.07) is 9.98. The Bertz CT molecular complexity index is 1100. The number of rotatable bonds is 2. The monoisotopic (exact) mass is 358 g/mol. The summed E-state index contributed by atoms with van der Waals surface area (Å²) in [6.45, 7) is 0.621. The second kappa shape index (κ2) is 5.72. The summed E-state index contributed by atoms with van der Waals surface area (Å²) in [5, 5.41) is 2.63. The number of aryl methyl sites for hydroxylation is 2. The fraction of sp³-hybridized carbons (Fsp3) is 0.158. The molecule has 0 aliphatic carbocycles. The number of hydrogen-bond acceptors (Lipinski definition) is 2. The smallest absolute Gasteiger partial charge is 0.346 e. The first-order valence-electron chi connectivity index (χ1n) is 7.99. The lowest BCUT2D eigenvalue weighted by Gasteiger charge is -2.14. The van der Waals surface area contributed by atoms with E-state index >= 15 is 0 Å². The van der Waals surface area contributed by atoms with Crippen molar-refractivity contribution in [1.82, 2.24) is 4.57 Å². The average Bonchev–Trinajstić information content (AvgIpc) is 3.01. The number of amides is 1. The molecule has 0 spiro atoms. The second-order valence-corrected chi connectivity index (χ2v) is 6.13. The lowest BCUT2D eigenvalue weighted by Crippen LogP contribution is -2.24. The van der Waals surface area contributed by atoms with Gasteiger partial charge in [-0.2, -0.15) is 13.2 Å². The van der Waals surface area contributed by atoms with Crippen molar-refractivity contribution in [1.29, 1.82) is 0 Å². The number of para-hydroxylation sites is 2. The minimum absolute atomic E-state index is 0.173. The number of pyridine rings is 1. The minimum Gasteiger partial charge on any atom is -0.346 e. The molecule has 1 aliphatic rings. The summed E-state index contributed by atoms with van der Waals surface area (Å²) in [7, 11) is 0. The van der Waals surface area contributed by atoms with Crippen LogP contribution in [0.3, 0.4) is 0 Å². The normalized spacial score (nSPS) is 13.2. The molecule has 2 aromatic carbocycles. The SMILES string of the molecule is O=C(Nc1ccccc1C(F)(F)F)c1cn2c3c(cccc3c1=O)CC2. The van der Waals surface area contributed by atoms with E-state index in [1.165, 1.54) is 18.3 Å². The molecule has 0 saturated carbocycles. The van der Waals surface area contributed by atoms with Gasteiger partial charge in [0.1, 0.15) is 5.56 Å². The summed E-state index contributed by atoms with van der Waals surface area (Å²) in [5.41, 5.74) is -0.185. The largest absolute Gasteiger partial charge is 0.418 e. The lowest BCUT2D eigenvalue weighted by atomic mass is 10.1. The standard InChI is InChI=1S/C19H13F3N2O2/c20-19(21,22)14-6-1-2-7-15(14)23-18(26)13-10-24-9-8-11-4-3-5-12(16(11)24)17(13)25/h1-7,10H,8-9H2,(H,23,26). The number of benzene rings is 2. The lowest BCUT2D eigenvalue weighted by molar-refractivity contribution is -0.136. The number of anilines is 1. The number of carbonyl (C=O) groups excluding carboxylic acids is 1. The van der Waals surface area contributed by atoms with Crippen LogP contribution in [0.25, 0.3) is 10.9 Å². The predicted molar refractivity (Wildman–Crippen MR) is 91.3 cm³/mol. The maximum Gasteiger partial charge on any atom is 0.418 e. The van der Waals surface area contributed by atoms with Crippen molar-refractivity contribution in [2.45, 2.75) is 19.1 Å². The van der Waals surface area contributed by atoms with Crippen molar-refractivity contribution >= 4 is 22.5 Å². The van der Waals surface area contributed by atoms with Crippen LogP contribution in [0.2, 0.25) is 0 Å². The Morgan fingerprint density at radius 2 is 1.85 bits per heavy atom. The van der Waals surface area contributed by atoms with Crippen LogP contribution in [0.4, 0.5) is 18.9 Å². The first-order chi connectivity index (χ1) is 12.4. The number of nitrogens with one attached hydrogen (secondary N) is 1. The van der Waals surface area contributed by atoms with Gasteiger partial charge in [-0.15, -0.1) is 0 Å². The number of aromatic nitrogens is 1. The Kier molecular flexibility index (Phi) is 3.61. The highest BCUT2D eigenvalue weighted by Crippen LogP contribution is 2.34. The average molecular weight is 358 g/mol. The van der Waals surface area contributed by atoms with Gasteiger partial charge < -0.3 is 9.88 Å². The van der Waals surface area contributed by atoms with Crippen molar-refractivity contribution in [2.75, 3.05) is 5.32 Å². The van der Waals surface area contributed by atoms with E-state index in [0.717, 1.165) is 29.6 Å². The first kappa shape index (κ1) is 16.4. The Balaban J connectivity index is 1.78. The summed E-state index contributed by atoms with van der Waals surface area (Å²) in [5.74, 6) is -0.852. The maximum atomic E-state index is 13.1. The van der Waals surface area contributed by atoms with E-state index in [9.17, 15) is 22.8 Å². The van der Waals surface area contributed by atoms with Gasteiger partial charge >= 0.3 is 6.18 Å². The van der Waals surface area contributed by atoms with E-state index in [0.29, 0.717) is 11.9 Å². The molecule has 1 amide bonds. The highest BCUT2D eigenvalue weighted by Gasteiger charge is 2.34. The minimum atomic E-state index is -4.61. The zero-order valence-corrected chi connectivity index (χ0v) is 13.4. The molecule has 132 valence electrons. The van der Waals surface area contributed by atoms with Crippen LogP contribution >= 0.6 is 0 Å². The van der Waals surface area contributed by atoms with Gasteiger partial charge in [-0.1, -0.05) is 24.3 Å². The van der Waals surface area contributed by atoms with E-state index in [-0.39, 0.29) is 11.3 Å². The number of alkyl halides is 3. The quantitative estimate of drug-likeness (QED) is 0.757. The van der Waals surface area contributed by atoms with Crippen molar-refractivity contribution in [2.24, 2.45) is 0 Å². The molecule has 0 bridgehead atoms. The van der Waals surface area contributed by atoms with E-state index in [4.69, 9.17) is 0 Å². The van der Waals surface area contributed by atoms with Crippen LogP contribution in [0.15, 0.2) is 53.5 Å². The van der Waals surface area contributed by atoms with Gasteiger partial charge in [0.2, 0.25) is 5.43 Å². The molecule has 1 aromatic heterocycles. The zero-order valence-electron chi connectivity index (χ0n) is 13.4. The fourth-order valence-corrected chi connectivity index (χ4v) is 3.35. The van der Waals surface area contributed by atoms with Crippen molar-refractivity contribution in [3.63, 3.8) is 0 Å². The Morgan fingerprint density at radius 3 is 2.62 bits per heavy atom. The summed E-state index contributed by atoms with van der Waals surface area (Å²) < 4.78 is 41.1. The second-order valence-electron chi connectivity index (χ2n) is 6.13. The van der Waals surface area contributed by atoms with Crippen LogP contribution < -0.4 is 10.7 Å². The third-order valence-electron chi connectivity index (χ3n) is 4.53. The number of halogens is 3. The molecule has 1 aliphatic heterocycles. The van der Waals surface area contributed by atoms with Gasteiger partial charge in [0.25, 0.3) is 5.91 Å². The van der Waals surface area contributed by atoms with Crippen LogP contribution in [-0.2, 0) is 19.1 Å². The summed E-state index contributed by atoms with van der Waals surface area (Å²) in [4.78, 5) is 25.2. The number of carbonyl (C=O) groups is 1. The van der Waals surface area contributed by atoms with Crippen LogP contribution in [0.5, 0.6) is 0 Å². The number of nitrogens with zero attached hydrogens (tertiary/aromatic N) is 1. The fourth-order valence-electron chi connectivity index (χ4n) is 3.35. The third kappa shape index (κ3) is 2.56. The van der Waals surface area contributed by atoms with E-state index in [1.54, 1.807) is 16.7 Å². The molecule has 26 heavy (non-hydrogen) atoms. The predicted octanol–water partition coefficient (Wildman–Crippen LogP) is 3.83. The molecular weight excluding hydrogens is 345 g/mol. The van der Waals surface area contributed by atoms with Gasteiger partial charge in [-0.05, 0) is 30.2 Å². The zero-order chi connectivity index (χ0) is 18.5. The third-order valence-corrected chi connectivity index (χ3v) is 4.53. The molecule has 3 aromatic rings. The van der Waals surface area contributed by atoms with Crippen LogP contribution in [0.1, 0.15) is 21.5 Å². The Labute approximate surface area is 145 Å². The highest BCUT2D eigenvalue weighted by molar-refractivity contribution is 6.06. The Hall–Kier alpha value is -3.09. The molecule has 4 rings (SSSR count). The molecule has 0 radical (unpaired) electrons. The molecule has 2 heterocycles. The van der Waals surface area contributed by atoms with Crippen molar-refractivity contribution in [3.8, 4) is 0 Å². The molecule has 0 unspecified atom stereocenters. The number of hydrogen-bond donors (Lipinski definition) is 1. The molecule has 7 heteroatoms. The van der Waals surface area contributed by atoms with Gasteiger partial charge in [-0.25, -0.2) is 0 Å². The van der Waals surface area contributed by atoms with Gasteiger partial charge in [0, 0.05) is 18.1 Å². The van der Waals surface area contributed by atoms with Gasteiger partial charge in [0.15, 0.2) is 0 Å². The van der Waals surface area contributed by atoms with Crippen LogP contribution in [-0.4, -0.2) is 10.5 Å². The van der Waals surface area contributed by atoms with E-state index in [2.05, 4.69) is 5.32 Å². The van der Waals surface area contributed by atoms with Gasteiger partial charge in [-0.3, -0.25) is 9.59 Å². The molecule has 0 saturated heterocycles. The van der Waals surface area contributed by atoms with Crippen molar-refractivity contribution in [3.05, 3.63) is 75.6 Å². The Morgan fingerprint density at radius 1 is 1.08 bits per heavy atom. The molecule has 0 fully saturated rings.